The summed E-state index contributed by atoms with van der Waals surface area (Å²) in [6, 6.07) is 8.37. The molecule has 1 aliphatic heterocycles. The first-order chi connectivity index (χ1) is 9.33. The normalized spacial score (nSPS) is 24.2. The Morgan fingerprint density at radius 1 is 1.26 bits per heavy atom. The average molecular weight is 261 g/mol. The van der Waals surface area contributed by atoms with Crippen molar-refractivity contribution >= 4 is 0 Å². The molecule has 1 aromatic carbocycles. The van der Waals surface area contributed by atoms with Crippen molar-refractivity contribution in [1.29, 1.82) is 0 Å². The molecule has 3 nitrogen and oxygen atoms in total. The first kappa shape index (κ1) is 12.9. The molecule has 0 aromatic heterocycles. The van der Waals surface area contributed by atoms with E-state index < -0.39 is 0 Å². The predicted molar refractivity (Wildman–Crippen MR) is 75.3 cm³/mol. The summed E-state index contributed by atoms with van der Waals surface area (Å²) in [6.45, 7) is 1.34. The van der Waals surface area contributed by atoms with E-state index in [1.165, 1.54) is 31.2 Å². The Kier molecular flexibility index (Phi) is 4.04. The molecule has 1 heterocycles. The Bertz CT molecular complexity index is 415. The van der Waals surface area contributed by atoms with Crippen LogP contribution in [-0.4, -0.2) is 24.4 Å². The summed E-state index contributed by atoms with van der Waals surface area (Å²) in [5, 5.41) is 13.6. The summed E-state index contributed by atoms with van der Waals surface area (Å²) < 4.78 is 5.63. The molecule has 2 unspecified atom stereocenters. The van der Waals surface area contributed by atoms with Gasteiger partial charge in [0.25, 0.3) is 0 Å². The summed E-state index contributed by atoms with van der Waals surface area (Å²) in [6.07, 6.45) is 6.00. The molecule has 1 aromatic rings. The highest BCUT2D eigenvalue weighted by Crippen LogP contribution is 2.32. The molecule has 0 spiro atoms. The quantitative estimate of drug-likeness (QED) is 0.856. The minimum absolute atomic E-state index is 0.226. The van der Waals surface area contributed by atoms with Crippen LogP contribution in [-0.2, 0) is 0 Å². The third kappa shape index (κ3) is 3.10. The van der Waals surface area contributed by atoms with Crippen molar-refractivity contribution in [3.63, 3.8) is 0 Å². The van der Waals surface area contributed by atoms with Crippen LogP contribution < -0.4 is 10.1 Å². The minimum atomic E-state index is -0.226. The van der Waals surface area contributed by atoms with Crippen molar-refractivity contribution in [1.82, 2.24) is 5.32 Å². The van der Waals surface area contributed by atoms with Gasteiger partial charge in [-0.25, -0.2) is 0 Å². The smallest absolute Gasteiger partial charge is 0.124 e. The molecule has 0 bridgehead atoms. The van der Waals surface area contributed by atoms with Crippen LogP contribution in [0.3, 0.4) is 0 Å². The summed E-state index contributed by atoms with van der Waals surface area (Å²) in [5.74, 6) is 1.72. The van der Waals surface area contributed by atoms with Gasteiger partial charge in [-0.3, -0.25) is 0 Å². The lowest BCUT2D eigenvalue weighted by Crippen LogP contribution is -2.32. The van der Waals surface area contributed by atoms with Gasteiger partial charge in [-0.05, 0) is 18.4 Å². The highest BCUT2D eigenvalue weighted by Gasteiger charge is 2.24. The third-order valence-electron chi connectivity index (χ3n) is 4.38. The Balaban J connectivity index is 1.47. The second kappa shape index (κ2) is 5.93. The van der Waals surface area contributed by atoms with Crippen LogP contribution in [0.4, 0.5) is 0 Å². The van der Waals surface area contributed by atoms with Crippen LogP contribution in [0.5, 0.6) is 5.75 Å². The maximum absolute atomic E-state index is 10.1. The van der Waals surface area contributed by atoms with Gasteiger partial charge in [-0.1, -0.05) is 43.9 Å². The number of ether oxygens (including phenoxy) is 1. The van der Waals surface area contributed by atoms with Crippen LogP contribution >= 0.6 is 0 Å². The molecule has 19 heavy (non-hydrogen) atoms. The van der Waals surface area contributed by atoms with E-state index in [1.807, 2.05) is 18.2 Å². The van der Waals surface area contributed by atoms with Gasteiger partial charge in [0.05, 0.1) is 12.1 Å². The number of aliphatic hydroxyl groups is 1. The predicted octanol–water partition coefficient (Wildman–Crippen LogP) is 2.65. The molecule has 0 radical (unpaired) electrons. The van der Waals surface area contributed by atoms with Crippen molar-refractivity contribution < 1.29 is 9.84 Å². The van der Waals surface area contributed by atoms with E-state index in [1.54, 1.807) is 0 Å². The zero-order chi connectivity index (χ0) is 13.1. The molecule has 3 rings (SSSR count). The lowest BCUT2D eigenvalue weighted by atomic mass is 10.00. The molecule has 3 heteroatoms. The summed E-state index contributed by atoms with van der Waals surface area (Å²) in [4.78, 5) is 0. The Labute approximate surface area is 115 Å². The van der Waals surface area contributed by atoms with Gasteiger partial charge in [0.1, 0.15) is 12.4 Å². The molecule has 0 saturated heterocycles. The van der Waals surface area contributed by atoms with Crippen molar-refractivity contribution in [2.75, 3.05) is 13.2 Å². The van der Waals surface area contributed by atoms with Crippen molar-refractivity contribution in [2.24, 2.45) is 5.92 Å². The first-order valence-corrected chi connectivity index (χ1v) is 7.46. The molecular weight excluding hydrogens is 238 g/mol. The van der Waals surface area contributed by atoms with Gasteiger partial charge in [0.2, 0.25) is 0 Å². The van der Waals surface area contributed by atoms with Crippen LogP contribution in [0.25, 0.3) is 0 Å². The number of benzene rings is 1. The Morgan fingerprint density at radius 3 is 2.89 bits per heavy atom. The van der Waals surface area contributed by atoms with Gasteiger partial charge < -0.3 is 15.2 Å². The van der Waals surface area contributed by atoms with Crippen LogP contribution in [0, 0.1) is 5.92 Å². The van der Waals surface area contributed by atoms with Gasteiger partial charge >= 0.3 is 0 Å². The monoisotopic (exact) mass is 261 g/mol. The number of rotatable bonds is 5. The summed E-state index contributed by atoms with van der Waals surface area (Å²) >= 11 is 0. The van der Waals surface area contributed by atoms with Gasteiger partial charge in [0, 0.05) is 12.1 Å². The number of hydrogen-bond acceptors (Lipinski definition) is 3. The zero-order valence-corrected chi connectivity index (χ0v) is 11.3. The second-order valence-corrected chi connectivity index (χ2v) is 5.85. The maximum Gasteiger partial charge on any atom is 0.124 e. The van der Waals surface area contributed by atoms with E-state index in [9.17, 15) is 5.11 Å². The zero-order valence-electron chi connectivity index (χ0n) is 11.3. The largest absolute Gasteiger partial charge is 0.491 e. The van der Waals surface area contributed by atoms with Crippen molar-refractivity contribution in [3.8, 4) is 5.75 Å². The lowest BCUT2D eigenvalue weighted by molar-refractivity contribution is 0.135. The van der Waals surface area contributed by atoms with E-state index in [0.717, 1.165) is 18.1 Å². The van der Waals surface area contributed by atoms with E-state index >= 15 is 0 Å². The molecule has 2 aliphatic rings. The van der Waals surface area contributed by atoms with E-state index in [0.29, 0.717) is 13.2 Å². The Hall–Kier alpha value is -1.06. The molecule has 104 valence electrons. The fraction of sp³-hybridized carbons (Fsp3) is 0.625. The van der Waals surface area contributed by atoms with Crippen LogP contribution in [0.1, 0.15) is 43.7 Å². The Morgan fingerprint density at radius 2 is 2.05 bits per heavy atom. The SMILES string of the molecule is OC(CNC1COc2ccccc21)CC1CCCC1. The number of hydrogen-bond donors (Lipinski definition) is 2. The molecule has 2 N–H and O–H groups in total. The standard InChI is InChI=1S/C16H23NO2/c18-13(9-12-5-1-2-6-12)10-17-15-11-19-16-8-4-3-7-14(15)16/h3-4,7-8,12-13,15,17-18H,1-2,5-6,9-11H2. The second-order valence-electron chi connectivity index (χ2n) is 5.85. The first-order valence-electron chi connectivity index (χ1n) is 7.46. The van der Waals surface area contributed by atoms with Crippen molar-refractivity contribution in [2.45, 2.75) is 44.2 Å². The summed E-state index contributed by atoms with van der Waals surface area (Å²) in [7, 11) is 0. The molecule has 0 amide bonds. The molecular formula is C16H23NO2. The van der Waals surface area contributed by atoms with Crippen molar-refractivity contribution in [3.05, 3.63) is 29.8 Å². The molecule has 1 fully saturated rings. The fourth-order valence-corrected chi connectivity index (χ4v) is 3.32. The summed E-state index contributed by atoms with van der Waals surface area (Å²) in [5.41, 5.74) is 1.22. The van der Waals surface area contributed by atoms with E-state index in [4.69, 9.17) is 4.74 Å². The lowest BCUT2D eigenvalue weighted by Gasteiger charge is -2.18. The number of aliphatic hydroxyl groups excluding tert-OH is 1. The topological polar surface area (TPSA) is 41.5 Å². The number of para-hydroxylation sites is 1. The minimum Gasteiger partial charge on any atom is -0.491 e. The highest BCUT2D eigenvalue weighted by atomic mass is 16.5. The van der Waals surface area contributed by atoms with E-state index in [2.05, 4.69) is 11.4 Å². The maximum atomic E-state index is 10.1. The van der Waals surface area contributed by atoms with Gasteiger partial charge in [-0.2, -0.15) is 0 Å². The van der Waals surface area contributed by atoms with E-state index in [-0.39, 0.29) is 12.1 Å². The van der Waals surface area contributed by atoms with Gasteiger partial charge in [0.15, 0.2) is 0 Å². The number of nitrogens with one attached hydrogen (secondary N) is 1. The third-order valence-corrected chi connectivity index (χ3v) is 4.38. The fourth-order valence-electron chi connectivity index (χ4n) is 3.32. The molecule has 1 aliphatic carbocycles. The number of fused-ring (bicyclic) bond motifs is 1. The van der Waals surface area contributed by atoms with Gasteiger partial charge in [-0.15, -0.1) is 0 Å². The molecule has 1 saturated carbocycles. The molecule has 2 atom stereocenters. The average Bonchev–Trinajstić information content (AvgIpc) is 3.05. The van der Waals surface area contributed by atoms with Crippen LogP contribution in [0.2, 0.25) is 0 Å². The van der Waals surface area contributed by atoms with Crippen LogP contribution in [0.15, 0.2) is 24.3 Å². The highest BCUT2D eigenvalue weighted by molar-refractivity contribution is 5.39.